The summed E-state index contributed by atoms with van der Waals surface area (Å²) in [7, 11) is 0. The molecule has 0 fully saturated rings. The van der Waals surface area contributed by atoms with Gasteiger partial charge in [0.2, 0.25) is 5.78 Å². The summed E-state index contributed by atoms with van der Waals surface area (Å²) in [5, 5.41) is 0.855. The predicted molar refractivity (Wildman–Crippen MR) is 70.2 cm³/mol. The van der Waals surface area contributed by atoms with Crippen molar-refractivity contribution >= 4 is 22.5 Å². The van der Waals surface area contributed by atoms with E-state index >= 15 is 0 Å². The largest absolute Gasteiger partial charge is 0.351 e. The predicted octanol–water partition coefficient (Wildman–Crippen LogP) is 3.11. The molecule has 90 valence electrons. The van der Waals surface area contributed by atoms with Crippen LogP contribution in [-0.4, -0.2) is 16.6 Å². The van der Waals surface area contributed by atoms with Crippen LogP contribution >= 0.6 is 0 Å². The average molecular weight is 239 g/mol. The molecule has 3 rings (SSSR count). The summed E-state index contributed by atoms with van der Waals surface area (Å²) >= 11 is 0. The lowest BCUT2D eigenvalue weighted by molar-refractivity contribution is 0.0983. The molecule has 0 aliphatic heterocycles. The van der Waals surface area contributed by atoms with Gasteiger partial charge in [-0.25, -0.2) is 0 Å². The van der Waals surface area contributed by atoms with Gasteiger partial charge in [0.05, 0.1) is 11.3 Å². The topological polar surface area (TPSA) is 49.9 Å². The Balaban J connectivity index is 2.47. The van der Waals surface area contributed by atoms with Crippen LogP contribution in [-0.2, 0) is 0 Å². The number of rotatable bonds is 0. The molecule has 0 radical (unpaired) electrons. The number of aromatic amines is 1. The van der Waals surface area contributed by atoms with Gasteiger partial charge in [0, 0.05) is 16.5 Å². The number of aromatic nitrogens is 1. The second-order valence-electron chi connectivity index (χ2n) is 4.90. The third-order valence-corrected chi connectivity index (χ3v) is 3.43. The Morgan fingerprint density at radius 2 is 1.78 bits per heavy atom. The van der Waals surface area contributed by atoms with E-state index in [-0.39, 0.29) is 11.6 Å². The van der Waals surface area contributed by atoms with Crippen molar-refractivity contribution < 1.29 is 9.59 Å². The third-order valence-electron chi connectivity index (χ3n) is 3.43. The molecule has 18 heavy (non-hydrogen) atoms. The fraction of sp³-hybridized carbons (Fsp3) is 0.200. The van der Waals surface area contributed by atoms with Crippen LogP contribution < -0.4 is 0 Å². The molecule has 0 saturated heterocycles. The number of Topliss-reactive ketones (excluding diaryl/α,β-unsaturated/α-hetero) is 1. The van der Waals surface area contributed by atoms with Gasteiger partial charge in [0.25, 0.3) is 0 Å². The van der Waals surface area contributed by atoms with Crippen molar-refractivity contribution in [1.29, 1.82) is 0 Å². The summed E-state index contributed by atoms with van der Waals surface area (Å²) in [4.78, 5) is 27.3. The Labute approximate surface area is 105 Å². The summed E-state index contributed by atoms with van der Waals surface area (Å²) in [6, 6.07) is 4.00. The lowest BCUT2D eigenvalue weighted by atomic mass is 9.93. The van der Waals surface area contributed by atoms with Crippen molar-refractivity contribution in [3.05, 3.63) is 46.2 Å². The average Bonchev–Trinajstić information content (AvgIpc) is 2.66. The van der Waals surface area contributed by atoms with E-state index in [1.165, 1.54) is 6.08 Å². The van der Waals surface area contributed by atoms with Gasteiger partial charge < -0.3 is 4.98 Å². The summed E-state index contributed by atoms with van der Waals surface area (Å²) in [6.45, 7) is 5.65. The Hall–Kier alpha value is -2.16. The Kier molecular flexibility index (Phi) is 2.08. The van der Waals surface area contributed by atoms with E-state index in [1.54, 1.807) is 6.92 Å². The first kappa shape index (κ1) is 11.0. The Morgan fingerprint density at radius 3 is 2.50 bits per heavy atom. The van der Waals surface area contributed by atoms with E-state index in [2.05, 4.69) is 4.98 Å². The number of ketones is 2. The number of carbonyl (C=O) groups is 2. The van der Waals surface area contributed by atoms with E-state index < -0.39 is 0 Å². The fourth-order valence-corrected chi connectivity index (χ4v) is 2.61. The molecule has 0 spiro atoms. The quantitative estimate of drug-likeness (QED) is 0.768. The maximum absolute atomic E-state index is 12.2. The summed E-state index contributed by atoms with van der Waals surface area (Å²) < 4.78 is 0. The first-order chi connectivity index (χ1) is 8.49. The molecule has 1 N–H and O–H groups in total. The maximum atomic E-state index is 12.2. The maximum Gasteiger partial charge on any atom is 0.203 e. The number of allylic oxidation sites excluding steroid dienone is 2. The lowest BCUT2D eigenvalue weighted by Crippen LogP contribution is -2.14. The van der Waals surface area contributed by atoms with Crippen molar-refractivity contribution in [2.75, 3.05) is 0 Å². The summed E-state index contributed by atoms with van der Waals surface area (Å²) in [5.74, 6) is -0.170. The molecule has 0 bridgehead atoms. The van der Waals surface area contributed by atoms with Crippen molar-refractivity contribution in [3.8, 4) is 0 Å². The minimum atomic E-state index is -0.115. The van der Waals surface area contributed by atoms with E-state index in [0.717, 1.165) is 22.0 Å². The van der Waals surface area contributed by atoms with Gasteiger partial charge in [-0.2, -0.15) is 0 Å². The monoisotopic (exact) mass is 239 g/mol. The molecule has 3 heteroatoms. The van der Waals surface area contributed by atoms with Crippen molar-refractivity contribution in [1.82, 2.24) is 4.98 Å². The number of aryl methyl sites for hydroxylation is 2. The lowest BCUT2D eigenvalue weighted by Gasteiger charge is -2.08. The fourth-order valence-electron chi connectivity index (χ4n) is 2.61. The molecule has 2 aromatic rings. The second-order valence-corrected chi connectivity index (χ2v) is 4.90. The smallest absolute Gasteiger partial charge is 0.203 e. The molecule has 1 aliphatic carbocycles. The Morgan fingerprint density at radius 1 is 1.06 bits per heavy atom. The first-order valence-corrected chi connectivity index (χ1v) is 5.89. The van der Waals surface area contributed by atoms with Crippen molar-refractivity contribution in [3.63, 3.8) is 0 Å². The van der Waals surface area contributed by atoms with E-state index in [1.807, 2.05) is 26.0 Å². The van der Waals surface area contributed by atoms with Gasteiger partial charge in [-0.1, -0.05) is 11.6 Å². The number of fused-ring (bicyclic) bond motifs is 3. The van der Waals surface area contributed by atoms with Gasteiger partial charge >= 0.3 is 0 Å². The zero-order valence-corrected chi connectivity index (χ0v) is 10.5. The number of nitrogens with one attached hydrogen (secondary N) is 1. The van der Waals surface area contributed by atoms with Crippen molar-refractivity contribution in [2.24, 2.45) is 0 Å². The molecule has 0 saturated carbocycles. The summed E-state index contributed by atoms with van der Waals surface area (Å²) in [5.41, 5.74) is 4.49. The molecule has 1 aliphatic rings. The van der Waals surface area contributed by atoms with Crippen LogP contribution in [0.5, 0.6) is 0 Å². The molecule has 0 atom stereocenters. The number of hydrogen-bond acceptors (Lipinski definition) is 2. The number of H-pyrrole nitrogens is 1. The van der Waals surface area contributed by atoms with Gasteiger partial charge in [-0.15, -0.1) is 0 Å². The number of carbonyl (C=O) groups excluding carboxylic acids is 2. The highest BCUT2D eigenvalue weighted by atomic mass is 16.1. The number of benzene rings is 1. The van der Waals surface area contributed by atoms with Crippen molar-refractivity contribution in [2.45, 2.75) is 20.8 Å². The minimum Gasteiger partial charge on any atom is -0.351 e. The Bertz CT molecular complexity index is 747. The molecule has 1 heterocycles. The zero-order chi connectivity index (χ0) is 13.0. The van der Waals surface area contributed by atoms with Crippen LogP contribution in [0.2, 0.25) is 0 Å². The third kappa shape index (κ3) is 1.30. The molecule has 0 amide bonds. The van der Waals surface area contributed by atoms with Gasteiger partial charge in [0.15, 0.2) is 5.78 Å². The van der Waals surface area contributed by atoms with Crippen LogP contribution in [0.1, 0.15) is 38.9 Å². The van der Waals surface area contributed by atoms with Crippen LogP contribution in [0.3, 0.4) is 0 Å². The standard InChI is InChI=1S/C15H13NO2/c1-7-4-8(2)13-10(5-7)12-14(16-13)11(17)6-9(3)15(12)18/h4-6,16H,1-3H3. The van der Waals surface area contributed by atoms with Crippen LogP contribution in [0.15, 0.2) is 23.8 Å². The van der Waals surface area contributed by atoms with E-state index in [4.69, 9.17) is 0 Å². The molecule has 1 aromatic carbocycles. The minimum absolute atomic E-state index is 0.0548. The highest BCUT2D eigenvalue weighted by molar-refractivity contribution is 6.28. The molecule has 3 nitrogen and oxygen atoms in total. The summed E-state index contributed by atoms with van der Waals surface area (Å²) in [6.07, 6.45) is 1.40. The van der Waals surface area contributed by atoms with Gasteiger partial charge in [-0.05, 0) is 38.5 Å². The molecular formula is C15H13NO2. The van der Waals surface area contributed by atoms with E-state index in [9.17, 15) is 9.59 Å². The van der Waals surface area contributed by atoms with Gasteiger partial charge in [-0.3, -0.25) is 9.59 Å². The molecular weight excluding hydrogens is 226 g/mol. The normalized spacial score (nSPS) is 14.9. The van der Waals surface area contributed by atoms with Crippen LogP contribution in [0.4, 0.5) is 0 Å². The zero-order valence-electron chi connectivity index (χ0n) is 10.5. The highest BCUT2D eigenvalue weighted by Crippen LogP contribution is 2.31. The van der Waals surface area contributed by atoms with Crippen LogP contribution in [0, 0.1) is 13.8 Å². The second kappa shape index (κ2) is 3.42. The highest BCUT2D eigenvalue weighted by Gasteiger charge is 2.28. The SMILES string of the molecule is CC1=CC(=O)c2[nH]c3c(C)cc(C)cc3c2C1=O. The van der Waals surface area contributed by atoms with Crippen LogP contribution in [0.25, 0.3) is 10.9 Å². The molecule has 0 unspecified atom stereocenters. The van der Waals surface area contributed by atoms with Gasteiger partial charge in [0.1, 0.15) is 0 Å². The molecule has 1 aromatic heterocycles. The van der Waals surface area contributed by atoms with E-state index in [0.29, 0.717) is 16.8 Å². The number of hydrogen-bond donors (Lipinski definition) is 1. The first-order valence-electron chi connectivity index (χ1n) is 5.89.